The first-order chi connectivity index (χ1) is 9.15. The zero-order valence-corrected chi connectivity index (χ0v) is 11.8. The fourth-order valence-corrected chi connectivity index (χ4v) is 2.75. The molecule has 0 amide bonds. The Morgan fingerprint density at radius 3 is 2.65 bits per heavy atom. The minimum absolute atomic E-state index is 0. The van der Waals surface area contributed by atoms with Gasteiger partial charge in [-0.05, 0) is 43.9 Å². The third kappa shape index (κ3) is 2.69. The molecule has 6 heteroatoms. The topological polar surface area (TPSA) is 60.9 Å². The lowest BCUT2D eigenvalue weighted by Gasteiger charge is -2.27. The first kappa shape index (κ1) is 14.9. The van der Waals surface area contributed by atoms with Crippen molar-refractivity contribution in [3.05, 3.63) is 40.7 Å². The number of rotatable bonds is 1. The molecule has 1 aromatic carbocycles. The van der Waals surface area contributed by atoms with Crippen molar-refractivity contribution in [1.82, 2.24) is 9.55 Å². The summed E-state index contributed by atoms with van der Waals surface area (Å²) in [5.74, 6) is -0.408. The van der Waals surface area contributed by atoms with Crippen molar-refractivity contribution >= 4 is 23.3 Å². The molecule has 0 saturated heterocycles. The van der Waals surface area contributed by atoms with Crippen LogP contribution in [0.15, 0.2) is 29.3 Å². The van der Waals surface area contributed by atoms with Crippen LogP contribution in [0.4, 0.5) is 4.39 Å². The normalized spacial score (nSPS) is 22.5. The summed E-state index contributed by atoms with van der Waals surface area (Å²) in [6.07, 6.45) is 5.16. The summed E-state index contributed by atoms with van der Waals surface area (Å²) in [5, 5.41) is 0.345. The Morgan fingerprint density at radius 1 is 1.25 bits per heavy atom. The van der Waals surface area contributed by atoms with E-state index in [4.69, 9.17) is 5.73 Å². The molecular formula is C14H17ClFN3O. The summed E-state index contributed by atoms with van der Waals surface area (Å²) in [4.78, 5) is 16.6. The number of fused-ring (bicyclic) bond motifs is 1. The molecular weight excluding hydrogens is 281 g/mol. The molecule has 1 fully saturated rings. The van der Waals surface area contributed by atoms with E-state index in [0.717, 1.165) is 25.7 Å². The van der Waals surface area contributed by atoms with E-state index in [0.29, 0.717) is 10.9 Å². The molecule has 2 N–H and O–H groups in total. The van der Waals surface area contributed by atoms with Gasteiger partial charge in [-0.25, -0.2) is 9.37 Å². The Kier molecular flexibility index (Phi) is 4.40. The largest absolute Gasteiger partial charge is 0.328 e. The molecule has 20 heavy (non-hydrogen) atoms. The predicted octanol–water partition coefficient (Wildman–Crippen LogP) is 2.40. The van der Waals surface area contributed by atoms with Gasteiger partial charge in [0.25, 0.3) is 5.56 Å². The van der Waals surface area contributed by atoms with Crippen molar-refractivity contribution in [3.63, 3.8) is 0 Å². The highest BCUT2D eigenvalue weighted by Gasteiger charge is 2.21. The molecule has 108 valence electrons. The molecule has 1 saturated carbocycles. The van der Waals surface area contributed by atoms with Gasteiger partial charge < -0.3 is 5.73 Å². The van der Waals surface area contributed by atoms with Crippen molar-refractivity contribution in [1.29, 1.82) is 0 Å². The Morgan fingerprint density at radius 2 is 1.95 bits per heavy atom. The van der Waals surface area contributed by atoms with Gasteiger partial charge in [0, 0.05) is 12.1 Å². The predicted molar refractivity (Wildman–Crippen MR) is 78.7 cm³/mol. The van der Waals surface area contributed by atoms with E-state index in [1.54, 1.807) is 10.9 Å². The number of hydrogen-bond acceptors (Lipinski definition) is 3. The molecule has 2 aromatic rings. The van der Waals surface area contributed by atoms with Crippen LogP contribution in [0.2, 0.25) is 0 Å². The first-order valence-corrected chi connectivity index (χ1v) is 6.57. The van der Waals surface area contributed by atoms with E-state index < -0.39 is 5.82 Å². The zero-order valence-electron chi connectivity index (χ0n) is 11.0. The number of hydrogen-bond donors (Lipinski definition) is 1. The van der Waals surface area contributed by atoms with Crippen molar-refractivity contribution in [2.75, 3.05) is 0 Å². The minimum atomic E-state index is -0.408. The fraction of sp³-hybridized carbons (Fsp3) is 0.429. The third-order valence-corrected chi connectivity index (χ3v) is 3.88. The second kappa shape index (κ2) is 5.89. The number of benzene rings is 1. The molecule has 0 radical (unpaired) electrons. The number of nitrogens with two attached hydrogens (primary N) is 1. The van der Waals surface area contributed by atoms with Gasteiger partial charge in [-0.1, -0.05) is 0 Å². The van der Waals surface area contributed by atoms with Crippen LogP contribution in [-0.2, 0) is 0 Å². The van der Waals surface area contributed by atoms with Crippen LogP contribution in [0.1, 0.15) is 31.7 Å². The molecule has 1 aromatic heterocycles. The number of aromatic nitrogens is 2. The summed E-state index contributed by atoms with van der Waals surface area (Å²) in [6.45, 7) is 0. The molecule has 1 heterocycles. The van der Waals surface area contributed by atoms with Crippen LogP contribution >= 0.6 is 12.4 Å². The summed E-state index contributed by atoms with van der Waals surface area (Å²) in [6, 6.07) is 4.48. The average Bonchev–Trinajstić information content (AvgIpc) is 2.41. The smallest absolute Gasteiger partial charge is 0.261 e. The Labute approximate surface area is 122 Å². The Hall–Kier alpha value is -1.46. The van der Waals surface area contributed by atoms with Gasteiger partial charge in [-0.2, -0.15) is 0 Å². The van der Waals surface area contributed by atoms with Crippen molar-refractivity contribution in [2.24, 2.45) is 5.73 Å². The lowest BCUT2D eigenvalue weighted by molar-refractivity contribution is 0.317. The minimum Gasteiger partial charge on any atom is -0.328 e. The van der Waals surface area contributed by atoms with Gasteiger partial charge >= 0.3 is 0 Å². The Bertz CT molecular complexity index is 665. The van der Waals surface area contributed by atoms with E-state index in [-0.39, 0.29) is 30.0 Å². The van der Waals surface area contributed by atoms with Crippen molar-refractivity contribution in [2.45, 2.75) is 37.8 Å². The maximum atomic E-state index is 13.2. The fourth-order valence-electron chi connectivity index (χ4n) is 2.75. The van der Waals surface area contributed by atoms with Crippen LogP contribution in [0, 0.1) is 5.82 Å². The van der Waals surface area contributed by atoms with Gasteiger partial charge in [0.15, 0.2) is 0 Å². The van der Waals surface area contributed by atoms with Crippen LogP contribution in [0.25, 0.3) is 10.9 Å². The van der Waals surface area contributed by atoms with E-state index in [1.807, 2.05) is 0 Å². The van der Waals surface area contributed by atoms with Gasteiger partial charge in [-0.15, -0.1) is 12.4 Å². The molecule has 1 aliphatic carbocycles. The molecule has 0 spiro atoms. The summed E-state index contributed by atoms with van der Waals surface area (Å²) >= 11 is 0. The number of halogens is 2. The molecule has 0 bridgehead atoms. The lowest BCUT2D eigenvalue weighted by atomic mass is 9.91. The summed E-state index contributed by atoms with van der Waals surface area (Å²) < 4.78 is 14.9. The van der Waals surface area contributed by atoms with E-state index in [9.17, 15) is 9.18 Å². The highest BCUT2D eigenvalue weighted by molar-refractivity contribution is 5.85. The third-order valence-electron chi connectivity index (χ3n) is 3.88. The van der Waals surface area contributed by atoms with Crippen LogP contribution < -0.4 is 11.3 Å². The van der Waals surface area contributed by atoms with Gasteiger partial charge in [-0.3, -0.25) is 9.36 Å². The van der Waals surface area contributed by atoms with Gasteiger partial charge in [0.05, 0.1) is 17.2 Å². The Balaban J connectivity index is 0.00000147. The van der Waals surface area contributed by atoms with Crippen molar-refractivity contribution in [3.8, 4) is 0 Å². The molecule has 1 aliphatic rings. The quantitative estimate of drug-likeness (QED) is 0.879. The van der Waals surface area contributed by atoms with Crippen LogP contribution in [0.5, 0.6) is 0 Å². The maximum absolute atomic E-state index is 13.2. The molecule has 3 rings (SSSR count). The summed E-state index contributed by atoms with van der Waals surface area (Å²) in [7, 11) is 0. The van der Waals surface area contributed by atoms with E-state index in [2.05, 4.69) is 4.98 Å². The maximum Gasteiger partial charge on any atom is 0.261 e. The molecule has 4 nitrogen and oxygen atoms in total. The highest BCUT2D eigenvalue weighted by atomic mass is 35.5. The van der Waals surface area contributed by atoms with E-state index >= 15 is 0 Å². The standard InChI is InChI=1S/C14H16FN3O.ClH/c15-9-1-6-13-12(7-9)14(19)18(8-17-13)11-4-2-10(16)3-5-11;/h1,6-8,10-11H,2-5,16H2;1H. The van der Waals surface area contributed by atoms with Crippen molar-refractivity contribution < 1.29 is 4.39 Å². The average molecular weight is 298 g/mol. The monoisotopic (exact) mass is 297 g/mol. The molecule has 0 aliphatic heterocycles. The van der Waals surface area contributed by atoms with Crippen LogP contribution in [0.3, 0.4) is 0 Å². The SMILES string of the molecule is Cl.NC1CCC(n2cnc3ccc(F)cc3c2=O)CC1. The first-order valence-electron chi connectivity index (χ1n) is 6.57. The van der Waals surface area contributed by atoms with Gasteiger partial charge in [0.1, 0.15) is 5.82 Å². The molecule has 0 unspecified atom stereocenters. The molecule has 0 atom stereocenters. The highest BCUT2D eigenvalue weighted by Crippen LogP contribution is 2.26. The second-order valence-electron chi connectivity index (χ2n) is 5.19. The van der Waals surface area contributed by atoms with E-state index in [1.165, 1.54) is 18.2 Å². The summed E-state index contributed by atoms with van der Waals surface area (Å²) in [5.41, 5.74) is 6.25. The second-order valence-corrected chi connectivity index (χ2v) is 5.19. The van der Waals surface area contributed by atoms with Gasteiger partial charge in [0.2, 0.25) is 0 Å². The zero-order chi connectivity index (χ0) is 13.4. The van der Waals surface area contributed by atoms with Crippen LogP contribution in [-0.4, -0.2) is 15.6 Å². The lowest BCUT2D eigenvalue weighted by Crippen LogP contribution is -2.32. The number of nitrogens with zero attached hydrogens (tertiary/aromatic N) is 2.